The van der Waals surface area contributed by atoms with Crippen molar-refractivity contribution < 1.29 is 9.90 Å². The number of anilines is 1. The van der Waals surface area contributed by atoms with Crippen LogP contribution < -0.4 is 11.3 Å². The van der Waals surface area contributed by atoms with Gasteiger partial charge in [-0.05, 0) is 18.4 Å². The summed E-state index contributed by atoms with van der Waals surface area (Å²) in [6.07, 6.45) is 2.48. The van der Waals surface area contributed by atoms with Crippen LogP contribution in [0.25, 0.3) is 11.3 Å². The second-order valence-electron chi connectivity index (χ2n) is 7.02. The summed E-state index contributed by atoms with van der Waals surface area (Å²) in [6, 6.07) is 5.21. The van der Waals surface area contributed by atoms with Gasteiger partial charge in [-0.15, -0.1) is 0 Å². The number of hydrogen-bond donors (Lipinski definition) is 2. The highest BCUT2D eigenvalue weighted by Gasteiger charge is 2.36. The van der Waals surface area contributed by atoms with Crippen molar-refractivity contribution in [3.8, 4) is 11.3 Å². The number of aromatic nitrogens is 3. The second-order valence-corrected chi connectivity index (χ2v) is 7.02. The first-order chi connectivity index (χ1) is 12.5. The average molecular weight is 355 g/mol. The standard InChI is InChI=1S/C18H21N5O3/c19-16-6-14(20-10-21-16)12-4-15-13-3-11(8-23(15)18(26)5-12)7-22(9-13)17(25)1-2-24/h4-6,10-11,13,24H,1-3,7-9H2,(H2,19,20,21)/t11-,13+/m0/s1. The number of carbonyl (C=O) groups excluding carboxylic acids is 1. The highest BCUT2D eigenvalue weighted by atomic mass is 16.3. The maximum absolute atomic E-state index is 12.7. The number of piperidine rings is 1. The maximum atomic E-state index is 12.7. The van der Waals surface area contributed by atoms with E-state index in [0.29, 0.717) is 36.7 Å². The van der Waals surface area contributed by atoms with Gasteiger partial charge in [0, 0.05) is 55.4 Å². The van der Waals surface area contributed by atoms with Crippen LogP contribution in [0.5, 0.6) is 0 Å². The van der Waals surface area contributed by atoms with Gasteiger partial charge in [0.1, 0.15) is 12.1 Å². The van der Waals surface area contributed by atoms with Gasteiger partial charge in [0.25, 0.3) is 5.56 Å². The Hall–Kier alpha value is -2.74. The van der Waals surface area contributed by atoms with Crippen molar-refractivity contribution in [1.82, 2.24) is 19.4 Å². The molecule has 0 saturated carbocycles. The van der Waals surface area contributed by atoms with Crippen LogP contribution in [0.3, 0.4) is 0 Å². The number of pyridine rings is 1. The Kier molecular flexibility index (Phi) is 4.20. The van der Waals surface area contributed by atoms with E-state index in [0.717, 1.165) is 12.1 Å². The van der Waals surface area contributed by atoms with Gasteiger partial charge in [-0.3, -0.25) is 9.59 Å². The van der Waals surface area contributed by atoms with E-state index in [9.17, 15) is 9.59 Å². The minimum absolute atomic E-state index is 0.0299. The number of amides is 1. The summed E-state index contributed by atoms with van der Waals surface area (Å²) in [7, 11) is 0. The Morgan fingerprint density at radius 2 is 2.08 bits per heavy atom. The SMILES string of the molecule is Nc1cc(-c2cc3n(c(=O)c2)C[C@H]2C[C@@H]3CN(C(=O)CCO)C2)ncn1. The molecule has 2 bridgehead atoms. The number of fused-ring (bicyclic) bond motifs is 4. The number of carbonyl (C=O) groups is 1. The molecule has 0 spiro atoms. The molecule has 4 heterocycles. The Labute approximate surface area is 150 Å². The fraction of sp³-hybridized carbons (Fsp3) is 0.444. The van der Waals surface area contributed by atoms with Crippen molar-refractivity contribution in [2.45, 2.75) is 25.3 Å². The quantitative estimate of drug-likeness (QED) is 0.814. The molecule has 4 rings (SSSR count). The third kappa shape index (κ3) is 2.96. The molecule has 0 aliphatic carbocycles. The molecule has 0 unspecified atom stereocenters. The zero-order valence-corrected chi connectivity index (χ0v) is 14.3. The molecule has 1 amide bonds. The molecule has 1 saturated heterocycles. The molecule has 2 aliphatic heterocycles. The summed E-state index contributed by atoms with van der Waals surface area (Å²) in [5.41, 5.74) is 7.94. The van der Waals surface area contributed by atoms with Crippen LogP contribution in [0, 0.1) is 5.92 Å². The maximum Gasteiger partial charge on any atom is 0.251 e. The molecule has 2 atom stereocenters. The van der Waals surface area contributed by atoms with Gasteiger partial charge in [0.15, 0.2) is 0 Å². The number of nitrogens with two attached hydrogens (primary N) is 1. The highest BCUT2D eigenvalue weighted by molar-refractivity contribution is 5.76. The highest BCUT2D eigenvalue weighted by Crippen LogP contribution is 2.36. The molecule has 1 fully saturated rings. The van der Waals surface area contributed by atoms with Gasteiger partial charge in [0.2, 0.25) is 5.91 Å². The second kappa shape index (κ2) is 6.53. The third-order valence-electron chi connectivity index (χ3n) is 5.22. The Morgan fingerprint density at radius 1 is 1.23 bits per heavy atom. The lowest BCUT2D eigenvalue weighted by atomic mass is 9.82. The number of rotatable bonds is 3. The normalized spacial score (nSPS) is 21.3. The van der Waals surface area contributed by atoms with Crippen LogP contribution in [-0.4, -0.2) is 50.1 Å². The first-order valence-corrected chi connectivity index (χ1v) is 8.76. The Morgan fingerprint density at radius 3 is 2.85 bits per heavy atom. The smallest absolute Gasteiger partial charge is 0.251 e. The first kappa shape index (κ1) is 16.7. The van der Waals surface area contributed by atoms with Crippen molar-refractivity contribution >= 4 is 11.7 Å². The van der Waals surface area contributed by atoms with Crippen molar-refractivity contribution in [3.63, 3.8) is 0 Å². The Balaban J connectivity index is 1.71. The summed E-state index contributed by atoms with van der Waals surface area (Å²) in [6.45, 7) is 1.69. The lowest BCUT2D eigenvalue weighted by Crippen LogP contribution is -2.49. The number of nitrogen functional groups attached to an aromatic ring is 1. The predicted molar refractivity (Wildman–Crippen MR) is 95.3 cm³/mol. The zero-order chi connectivity index (χ0) is 18.3. The van der Waals surface area contributed by atoms with Crippen molar-refractivity contribution in [1.29, 1.82) is 0 Å². The minimum Gasteiger partial charge on any atom is -0.396 e. The van der Waals surface area contributed by atoms with Crippen molar-refractivity contribution in [2.24, 2.45) is 5.92 Å². The number of hydrogen-bond acceptors (Lipinski definition) is 6. The van der Waals surface area contributed by atoms with Gasteiger partial charge >= 0.3 is 0 Å². The topological polar surface area (TPSA) is 114 Å². The van der Waals surface area contributed by atoms with E-state index in [1.807, 2.05) is 15.5 Å². The molecule has 2 aromatic rings. The molecular weight excluding hydrogens is 334 g/mol. The van der Waals surface area contributed by atoms with E-state index < -0.39 is 0 Å². The van der Waals surface area contributed by atoms with Crippen molar-refractivity contribution in [3.05, 3.63) is 40.6 Å². The molecule has 0 aromatic carbocycles. The fourth-order valence-electron chi connectivity index (χ4n) is 4.09. The average Bonchev–Trinajstić information content (AvgIpc) is 2.62. The summed E-state index contributed by atoms with van der Waals surface area (Å²) in [4.78, 5) is 34.8. The van der Waals surface area contributed by atoms with Crippen LogP contribution >= 0.6 is 0 Å². The van der Waals surface area contributed by atoms with E-state index >= 15 is 0 Å². The lowest BCUT2D eigenvalue weighted by Gasteiger charge is -2.43. The minimum atomic E-state index is -0.139. The molecule has 26 heavy (non-hydrogen) atoms. The number of aliphatic hydroxyl groups excluding tert-OH is 1. The molecule has 0 radical (unpaired) electrons. The third-order valence-corrected chi connectivity index (χ3v) is 5.22. The molecule has 3 N–H and O–H groups in total. The van der Waals surface area contributed by atoms with Gasteiger partial charge in [-0.1, -0.05) is 0 Å². The summed E-state index contributed by atoms with van der Waals surface area (Å²) in [5.74, 6) is 0.697. The van der Waals surface area contributed by atoms with E-state index in [-0.39, 0.29) is 36.3 Å². The van der Waals surface area contributed by atoms with E-state index in [2.05, 4.69) is 9.97 Å². The van der Waals surface area contributed by atoms with Gasteiger partial charge in [-0.25, -0.2) is 9.97 Å². The molecule has 8 nitrogen and oxygen atoms in total. The van der Waals surface area contributed by atoms with E-state index in [1.54, 1.807) is 12.1 Å². The summed E-state index contributed by atoms with van der Waals surface area (Å²) < 4.78 is 1.82. The predicted octanol–water partition coefficient (Wildman–Crippen LogP) is 0.216. The number of aliphatic hydroxyl groups is 1. The zero-order valence-electron chi connectivity index (χ0n) is 14.3. The molecular formula is C18H21N5O3. The molecule has 2 aromatic heterocycles. The Bertz CT molecular complexity index is 910. The largest absolute Gasteiger partial charge is 0.396 e. The van der Waals surface area contributed by atoms with Gasteiger partial charge < -0.3 is 20.3 Å². The lowest BCUT2D eigenvalue weighted by molar-refractivity contribution is -0.134. The van der Waals surface area contributed by atoms with Crippen LogP contribution in [0.1, 0.15) is 24.5 Å². The molecule has 8 heteroatoms. The first-order valence-electron chi connectivity index (χ1n) is 8.76. The monoisotopic (exact) mass is 355 g/mol. The summed E-state index contributed by atoms with van der Waals surface area (Å²) >= 11 is 0. The van der Waals surface area contributed by atoms with Gasteiger partial charge in [-0.2, -0.15) is 0 Å². The van der Waals surface area contributed by atoms with E-state index in [1.165, 1.54) is 6.33 Å². The van der Waals surface area contributed by atoms with Crippen LogP contribution in [-0.2, 0) is 11.3 Å². The van der Waals surface area contributed by atoms with Crippen molar-refractivity contribution in [2.75, 3.05) is 25.4 Å². The van der Waals surface area contributed by atoms with Crippen LogP contribution in [0.2, 0.25) is 0 Å². The molecule has 2 aliphatic rings. The number of nitrogens with zero attached hydrogens (tertiary/aromatic N) is 4. The summed E-state index contributed by atoms with van der Waals surface area (Å²) in [5, 5.41) is 9.03. The van der Waals surface area contributed by atoms with Crippen LogP contribution in [0.4, 0.5) is 5.82 Å². The van der Waals surface area contributed by atoms with E-state index in [4.69, 9.17) is 10.8 Å². The van der Waals surface area contributed by atoms with Gasteiger partial charge in [0.05, 0.1) is 12.3 Å². The molecule has 136 valence electrons. The van der Waals surface area contributed by atoms with Crippen LogP contribution in [0.15, 0.2) is 29.3 Å². The number of likely N-dealkylation sites (tertiary alicyclic amines) is 1. The fourth-order valence-corrected chi connectivity index (χ4v) is 4.09.